The molecule has 94 valence electrons. The van der Waals surface area contributed by atoms with Gasteiger partial charge in [-0.05, 0) is 32.0 Å². The summed E-state index contributed by atoms with van der Waals surface area (Å²) in [6, 6.07) is 8.86. The van der Waals surface area contributed by atoms with Crippen LogP contribution in [0.3, 0.4) is 0 Å². The van der Waals surface area contributed by atoms with Gasteiger partial charge in [-0.1, -0.05) is 23.7 Å². The van der Waals surface area contributed by atoms with E-state index >= 15 is 0 Å². The average molecular weight is 265 g/mol. The van der Waals surface area contributed by atoms with Gasteiger partial charge in [-0.2, -0.15) is 0 Å². The summed E-state index contributed by atoms with van der Waals surface area (Å²) in [4.78, 5) is 4.34. The van der Waals surface area contributed by atoms with Crippen LogP contribution in [0.5, 0.6) is 0 Å². The number of rotatable bonds is 3. The van der Waals surface area contributed by atoms with Gasteiger partial charge in [-0.15, -0.1) is 0 Å². The third-order valence-corrected chi connectivity index (χ3v) is 3.02. The zero-order valence-electron chi connectivity index (χ0n) is 10.3. The van der Waals surface area contributed by atoms with E-state index in [-0.39, 0.29) is 10.8 Å². The molecule has 2 nitrogen and oxygen atoms in total. The van der Waals surface area contributed by atoms with Crippen LogP contribution in [0.1, 0.15) is 17.0 Å². The van der Waals surface area contributed by atoms with Crippen LogP contribution < -0.4 is 5.32 Å². The smallest absolute Gasteiger partial charge is 0.146 e. The molecule has 18 heavy (non-hydrogen) atoms. The van der Waals surface area contributed by atoms with Gasteiger partial charge in [0.2, 0.25) is 0 Å². The molecule has 0 saturated carbocycles. The fourth-order valence-corrected chi connectivity index (χ4v) is 1.94. The molecule has 0 radical (unpaired) electrons. The van der Waals surface area contributed by atoms with Crippen LogP contribution in [0.15, 0.2) is 30.3 Å². The van der Waals surface area contributed by atoms with Crippen LogP contribution in [-0.4, -0.2) is 4.98 Å². The van der Waals surface area contributed by atoms with Crippen molar-refractivity contribution in [2.24, 2.45) is 0 Å². The highest BCUT2D eigenvalue weighted by molar-refractivity contribution is 6.30. The number of hydrogen-bond acceptors (Lipinski definition) is 2. The third-order valence-electron chi connectivity index (χ3n) is 2.73. The van der Waals surface area contributed by atoms with Crippen molar-refractivity contribution < 1.29 is 4.39 Å². The molecule has 1 N–H and O–H groups in total. The summed E-state index contributed by atoms with van der Waals surface area (Å²) < 4.78 is 13.7. The van der Waals surface area contributed by atoms with Gasteiger partial charge in [-0.25, -0.2) is 4.39 Å². The Morgan fingerprint density at radius 2 is 2.00 bits per heavy atom. The summed E-state index contributed by atoms with van der Waals surface area (Å²) in [6.45, 7) is 4.25. The first-order valence-electron chi connectivity index (χ1n) is 5.69. The number of pyridine rings is 1. The van der Waals surface area contributed by atoms with Crippen LogP contribution in [0.2, 0.25) is 5.02 Å². The topological polar surface area (TPSA) is 24.9 Å². The van der Waals surface area contributed by atoms with Crippen molar-refractivity contribution in [2.45, 2.75) is 20.4 Å². The molecule has 0 bridgehead atoms. The second-order valence-corrected chi connectivity index (χ2v) is 4.56. The Morgan fingerprint density at radius 1 is 1.22 bits per heavy atom. The Kier molecular flexibility index (Phi) is 3.82. The number of hydrogen-bond donors (Lipinski definition) is 1. The van der Waals surface area contributed by atoms with Crippen molar-refractivity contribution in [2.75, 3.05) is 5.32 Å². The molecule has 0 fully saturated rings. The highest BCUT2D eigenvalue weighted by Crippen LogP contribution is 2.20. The number of aromatic nitrogens is 1. The van der Waals surface area contributed by atoms with E-state index in [2.05, 4.69) is 10.3 Å². The van der Waals surface area contributed by atoms with Crippen LogP contribution in [0, 0.1) is 19.7 Å². The maximum Gasteiger partial charge on any atom is 0.146 e. The highest BCUT2D eigenvalue weighted by atomic mass is 35.5. The monoisotopic (exact) mass is 264 g/mol. The zero-order chi connectivity index (χ0) is 13.1. The molecule has 0 aliphatic heterocycles. The first-order valence-corrected chi connectivity index (χ1v) is 6.06. The van der Waals surface area contributed by atoms with E-state index in [1.807, 2.05) is 26.0 Å². The van der Waals surface area contributed by atoms with E-state index in [9.17, 15) is 4.39 Å². The van der Waals surface area contributed by atoms with Gasteiger partial charge in [-0.3, -0.25) is 4.98 Å². The maximum atomic E-state index is 13.7. The van der Waals surface area contributed by atoms with Crippen LogP contribution in [-0.2, 0) is 6.54 Å². The minimum absolute atomic E-state index is 0.146. The van der Waals surface area contributed by atoms with Gasteiger partial charge < -0.3 is 5.32 Å². The lowest BCUT2D eigenvalue weighted by molar-refractivity contribution is 0.613. The molecular formula is C14H14ClFN2. The molecule has 0 saturated heterocycles. The van der Waals surface area contributed by atoms with E-state index < -0.39 is 0 Å². The van der Waals surface area contributed by atoms with Crippen LogP contribution in [0.4, 0.5) is 10.1 Å². The largest absolute Gasteiger partial charge is 0.379 e. The Balaban J connectivity index is 2.14. The van der Waals surface area contributed by atoms with Gasteiger partial charge in [0.1, 0.15) is 5.82 Å². The molecule has 4 heteroatoms. The van der Waals surface area contributed by atoms with E-state index in [0.717, 1.165) is 17.1 Å². The fraction of sp³-hybridized carbons (Fsp3) is 0.214. The number of nitrogens with one attached hydrogen (secondary N) is 1. The van der Waals surface area contributed by atoms with Crippen LogP contribution >= 0.6 is 11.6 Å². The Bertz CT molecular complexity index is 570. The molecule has 0 spiro atoms. The molecule has 0 atom stereocenters. The summed E-state index contributed by atoms with van der Waals surface area (Å²) in [5, 5.41) is 3.31. The number of nitrogens with zero attached hydrogens (tertiary/aromatic N) is 1. The normalized spacial score (nSPS) is 10.4. The van der Waals surface area contributed by atoms with Gasteiger partial charge >= 0.3 is 0 Å². The number of halogens is 2. The molecule has 2 rings (SSSR count). The van der Waals surface area contributed by atoms with Crippen molar-refractivity contribution >= 4 is 17.3 Å². The lowest BCUT2D eigenvalue weighted by atomic mass is 10.2. The molecule has 0 amide bonds. The lowest BCUT2D eigenvalue weighted by Crippen LogP contribution is -2.04. The number of anilines is 1. The van der Waals surface area contributed by atoms with Crippen molar-refractivity contribution in [3.63, 3.8) is 0 Å². The first kappa shape index (κ1) is 12.8. The molecule has 2 aromatic rings. The predicted octanol–water partition coefficient (Wildman–Crippen LogP) is 4.10. The lowest BCUT2D eigenvalue weighted by Gasteiger charge is -2.10. The van der Waals surface area contributed by atoms with Gasteiger partial charge in [0.05, 0.1) is 16.4 Å². The van der Waals surface area contributed by atoms with E-state index in [4.69, 9.17) is 11.6 Å². The van der Waals surface area contributed by atoms with Crippen molar-refractivity contribution in [1.29, 1.82) is 0 Å². The van der Waals surface area contributed by atoms with Crippen molar-refractivity contribution in [3.8, 4) is 0 Å². The summed E-state index contributed by atoms with van der Waals surface area (Å²) in [7, 11) is 0. The number of aryl methyl sites for hydroxylation is 2. The summed E-state index contributed by atoms with van der Waals surface area (Å²) in [5.74, 6) is -0.371. The zero-order valence-corrected chi connectivity index (χ0v) is 11.1. The number of benzene rings is 1. The first-order chi connectivity index (χ1) is 8.58. The van der Waals surface area contributed by atoms with Crippen molar-refractivity contribution in [1.82, 2.24) is 4.98 Å². The standard InChI is InChI=1S/C14H14ClFN2/c1-9-6-7-13(10(2)18-9)17-8-11-4-3-5-12(15)14(11)16/h3-7,17H,8H2,1-2H3. The van der Waals surface area contributed by atoms with Crippen LogP contribution in [0.25, 0.3) is 0 Å². The Hall–Kier alpha value is -1.61. The quantitative estimate of drug-likeness (QED) is 0.903. The van der Waals surface area contributed by atoms with Gasteiger partial charge in [0.25, 0.3) is 0 Å². The maximum absolute atomic E-state index is 13.7. The Morgan fingerprint density at radius 3 is 2.72 bits per heavy atom. The van der Waals surface area contributed by atoms with Gasteiger partial charge in [0.15, 0.2) is 0 Å². The average Bonchev–Trinajstić information content (AvgIpc) is 2.33. The molecular weight excluding hydrogens is 251 g/mol. The Labute approximate surface area is 111 Å². The molecule has 0 aliphatic carbocycles. The second-order valence-electron chi connectivity index (χ2n) is 4.15. The second kappa shape index (κ2) is 5.36. The van der Waals surface area contributed by atoms with E-state index in [1.54, 1.807) is 18.2 Å². The predicted molar refractivity (Wildman–Crippen MR) is 72.4 cm³/mol. The molecule has 1 aromatic carbocycles. The van der Waals surface area contributed by atoms with Crippen molar-refractivity contribution in [3.05, 3.63) is 58.1 Å². The van der Waals surface area contributed by atoms with Gasteiger partial charge in [0, 0.05) is 17.8 Å². The van der Waals surface area contributed by atoms with E-state index in [0.29, 0.717) is 12.1 Å². The highest BCUT2D eigenvalue weighted by Gasteiger charge is 2.06. The summed E-state index contributed by atoms with van der Waals surface area (Å²) in [6.07, 6.45) is 0. The SMILES string of the molecule is Cc1ccc(NCc2cccc(Cl)c2F)c(C)n1. The molecule has 0 unspecified atom stereocenters. The summed E-state index contributed by atoms with van der Waals surface area (Å²) >= 11 is 5.73. The molecule has 1 heterocycles. The minimum Gasteiger partial charge on any atom is -0.379 e. The minimum atomic E-state index is -0.371. The fourth-order valence-electron chi connectivity index (χ4n) is 1.75. The molecule has 0 aliphatic rings. The summed E-state index contributed by atoms with van der Waals surface area (Å²) in [5.41, 5.74) is 3.31. The molecule has 1 aromatic heterocycles. The van der Waals surface area contributed by atoms with E-state index in [1.165, 1.54) is 0 Å². The third kappa shape index (κ3) is 2.79.